The highest BCUT2D eigenvalue weighted by molar-refractivity contribution is 5.90. The molecule has 0 fully saturated rings. The Morgan fingerprint density at radius 2 is 2.05 bits per heavy atom. The molecule has 1 N–H and O–H groups in total. The van der Waals surface area contributed by atoms with Gasteiger partial charge in [-0.15, -0.1) is 0 Å². The van der Waals surface area contributed by atoms with Crippen LogP contribution in [0.3, 0.4) is 0 Å². The maximum atomic E-state index is 13.7. The lowest BCUT2D eigenvalue weighted by Crippen LogP contribution is -2.09. The zero-order chi connectivity index (χ0) is 15.6. The number of esters is 1. The van der Waals surface area contributed by atoms with Gasteiger partial charge in [0.25, 0.3) is 0 Å². The molecule has 112 valence electrons. The first-order valence-corrected chi connectivity index (χ1v) is 6.17. The Morgan fingerprint density at radius 3 is 2.62 bits per heavy atom. The summed E-state index contributed by atoms with van der Waals surface area (Å²) >= 11 is 0. The number of carbonyl (C=O) groups is 1. The van der Waals surface area contributed by atoms with E-state index in [1.165, 1.54) is 0 Å². The van der Waals surface area contributed by atoms with Gasteiger partial charge in [-0.25, -0.2) is 13.6 Å². The minimum Gasteiger partial charge on any atom is -0.465 e. The zero-order valence-electron chi connectivity index (χ0n) is 11.8. The average Bonchev–Trinajstić information content (AvgIpc) is 2.76. The van der Waals surface area contributed by atoms with Gasteiger partial charge in [0, 0.05) is 18.2 Å². The van der Waals surface area contributed by atoms with Crippen LogP contribution in [0.4, 0.5) is 14.5 Å². The summed E-state index contributed by atoms with van der Waals surface area (Å²) in [6.45, 7) is 3.73. The summed E-state index contributed by atoms with van der Waals surface area (Å²) < 4.78 is 36.7. The normalized spacial score (nSPS) is 10.5. The number of ether oxygens (including phenoxy) is 1. The Labute approximate surface area is 119 Å². The molecule has 1 heterocycles. The molecule has 0 saturated heterocycles. The van der Waals surface area contributed by atoms with Crippen molar-refractivity contribution in [1.82, 2.24) is 5.16 Å². The van der Waals surface area contributed by atoms with E-state index in [0.29, 0.717) is 17.5 Å². The van der Waals surface area contributed by atoms with Crippen LogP contribution in [0.5, 0.6) is 0 Å². The molecule has 0 amide bonds. The lowest BCUT2D eigenvalue weighted by Gasteiger charge is -2.10. The minimum absolute atomic E-state index is 0.00296. The summed E-state index contributed by atoms with van der Waals surface area (Å²) in [4.78, 5) is 11.4. The van der Waals surface area contributed by atoms with Crippen LogP contribution in [0.15, 0.2) is 16.7 Å². The summed E-state index contributed by atoms with van der Waals surface area (Å²) in [5, 5.41) is 6.58. The van der Waals surface area contributed by atoms with Gasteiger partial charge in [-0.3, -0.25) is 0 Å². The number of benzene rings is 1. The lowest BCUT2D eigenvalue weighted by molar-refractivity contribution is 0.0595. The van der Waals surface area contributed by atoms with Gasteiger partial charge in [0.1, 0.15) is 17.4 Å². The highest BCUT2D eigenvalue weighted by Gasteiger charge is 2.17. The molecule has 0 unspecified atom stereocenters. The Kier molecular flexibility index (Phi) is 4.21. The number of carbonyl (C=O) groups excluding carboxylic acids is 1. The highest BCUT2D eigenvalue weighted by Crippen LogP contribution is 2.22. The Hall–Kier alpha value is -2.44. The second-order valence-electron chi connectivity index (χ2n) is 4.46. The van der Waals surface area contributed by atoms with Gasteiger partial charge in [-0.1, -0.05) is 5.16 Å². The molecule has 1 aromatic heterocycles. The molecule has 5 nitrogen and oxygen atoms in total. The fourth-order valence-electron chi connectivity index (χ4n) is 1.89. The van der Waals surface area contributed by atoms with Gasteiger partial charge < -0.3 is 14.6 Å². The van der Waals surface area contributed by atoms with Gasteiger partial charge in [-0.2, -0.15) is 0 Å². The highest BCUT2D eigenvalue weighted by atomic mass is 19.1. The predicted octanol–water partition coefficient (Wildman–Crippen LogP) is 2.97. The Morgan fingerprint density at radius 1 is 1.33 bits per heavy atom. The van der Waals surface area contributed by atoms with Crippen LogP contribution in [0.1, 0.15) is 27.4 Å². The number of aromatic nitrogens is 1. The first-order chi connectivity index (χ1) is 9.93. The topological polar surface area (TPSA) is 64.4 Å². The van der Waals surface area contributed by atoms with Crippen molar-refractivity contribution in [3.63, 3.8) is 0 Å². The third kappa shape index (κ3) is 3.01. The first kappa shape index (κ1) is 15.0. The van der Waals surface area contributed by atoms with Crippen molar-refractivity contribution in [3.8, 4) is 0 Å². The van der Waals surface area contributed by atoms with Crippen molar-refractivity contribution < 1.29 is 22.8 Å². The van der Waals surface area contributed by atoms with Crippen molar-refractivity contribution in [2.45, 2.75) is 20.4 Å². The Balaban J connectivity index is 2.26. The molecule has 1 aromatic carbocycles. The van der Waals surface area contributed by atoms with Crippen molar-refractivity contribution in [2.24, 2.45) is 0 Å². The summed E-state index contributed by atoms with van der Waals surface area (Å²) in [5.41, 5.74) is 1.12. The molecule has 0 spiro atoms. The van der Waals surface area contributed by atoms with E-state index in [1.54, 1.807) is 13.8 Å². The van der Waals surface area contributed by atoms with E-state index < -0.39 is 17.6 Å². The second kappa shape index (κ2) is 5.90. The number of nitrogens with zero attached hydrogens (tertiary/aromatic N) is 1. The third-order valence-corrected chi connectivity index (χ3v) is 3.10. The van der Waals surface area contributed by atoms with E-state index in [-0.39, 0.29) is 17.8 Å². The van der Waals surface area contributed by atoms with Crippen LogP contribution < -0.4 is 5.32 Å². The summed E-state index contributed by atoms with van der Waals surface area (Å²) in [7, 11) is 1.13. The number of methoxy groups -OCH3 is 1. The number of halogens is 2. The molecule has 0 aliphatic rings. The van der Waals surface area contributed by atoms with Gasteiger partial charge in [-0.05, 0) is 19.9 Å². The van der Waals surface area contributed by atoms with Gasteiger partial charge in [0.2, 0.25) is 0 Å². The molecular formula is C14H14F2N2O3. The molecule has 0 aliphatic carbocycles. The lowest BCUT2D eigenvalue weighted by atomic mass is 10.1. The molecular weight excluding hydrogens is 282 g/mol. The minimum atomic E-state index is -0.970. The van der Waals surface area contributed by atoms with E-state index in [1.807, 2.05) is 0 Å². The number of anilines is 1. The van der Waals surface area contributed by atoms with Crippen LogP contribution in [-0.4, -0.2) is 18.2 Å². The van der Waals surface area contributed by atoms with Crippen LogP contribution in [-0.2, 0) is 11.3 Å². The van der Waals surface area contributed by atoms with Crippen molar-refractivity contribution in [3.05, 3.63) is 46.3 Å². The molecule has 2 rings (SSSR count). The van der Waals surface area contributed by atoms with Gasteiger partial charge in [0.05, 0.1) is 24.1 Å². The smallest absolute Gasteiger partial charge is 0.340 e. The largest absolute Gasteiger partial charge is 0.465 e. The summed E-state index contributed by atoms with van der Waals surface area (Å²) in [5.74, 6) is -2.03. The van der Waals surface area contributed by atoms with Crippen molar-refractivity contribution in [1.29, 1.82) is 0 Å². The molecule has 21 heavy (non-hydrogen) atoms. The van der Waals surface area contributed by atoms with Gasteiger partial charge in [0.15, 0.2) is 0 Å². The van der Waals surface area contributed by atoms with E-state index in [4.69, 9.17) is 4.52 Å². The Bertz CT molecular complexity index is 664. The molecule has 0 bridgehead atoms. The molecule has 0 radical (unpaired) electrons. The van der Waals surface area contributed by atoms with Crippen LogP contribution in [0, 0.1) is 25.5 Å². The molecule has 0 atom stereocenters. The van der Waals surface area contributed by atoms with Crippen LogP contribution in [0.2, 0.25) is 0 Å². The fourth-order valence-corrected chi connectivity index (χ4v) is 1.89. The SMILES string of the molecule is COC(=O)c1cc(NCc2c(C)noc2C)c(F)cc1F. The quantitative estimate of drug-likeness (QED) is 0.879. The molecule has 0 aliphatic heterocycles. The monoisotopic (exact) mass is 296 g/mol. The summed E-state index contributed by atoms with van der Waals surface area (Å²) in [6, 6.07) is 1.72. The number of hydrogen-bond donors (Lipinski definition) is 1. The summed E-state index contributed by atoms with van der Waals surface area (Å²) in [6.07, 6.45) is 0. The van der Waals surface area contributed by atoms with Crippen molar-refractivity contribution >= 4 is 11.7 Å². The fraction of sp³-hybridized carbons (Fsp3) is 0.286. The molecule has 7 heteroatoms. The number of nitrogens with one attached hydrogen (secondary N) is 1. The van der Waals surface area contributed by atoms with E-state index in [9.17, 15) is 13.6 Å². The predicted molar refractivity (Wildman–Crippen MR) is 71.0 cm³/mol. The average molecular weight is 296 g/mol. The zero-order valence-corrected chi connectivity index (χ0v) is 11.8. The first-order valence-electron chi connectivity index (χ1n) is 6.17. The molecule has 0 saturated carbocycles. The van der Waals surface area contributed by atoms with E-state index in [2.05, 4.69) is 15.2 Å². The number of hydrogen-bond acceptors (Lipinski definition) is 5. The van der Waals surface area contributed by atoms with Gasteiger partial charge >= 0.3 is 5.97 Å². The van der Waals surface area contributed by atoms with E-state index >= 15 is 0 Å². The maximum absolute atomic E-state index is 13.7. The number of rotatable bonds is 4. The second-order valence-corrected chi connectivity index (χ2v) is 4.46. The standard InChI is InChI=1S/C14H14F2N2O3/c1-7-10(8(2)21-18-7)6-17-13-4-9(14(19)20-3)11(15)5-12(13)16/h4-5,17H,6H2,1-3H3. The van der Waals surface area contributed by atoms with E-state index in [0.717, 1.165) is 18.7 Å². The maximum Gasteiger partial charge on any atom is 0.340 e. The van der Waals surface area contributed by atoms with Crippen molar-refractivity contribution in [2.75, 3.05) is 12.4 Å². The van der Waals surface area contributed by atoms with Crippen LogP contribution in [0.25, 0.3) is 0 Å². The third-order valence-electron chi connectivity index (χ3n) is 3.10. The number of aryl methyl sites for hydroxylation is 2. The van der Waals surface area contributed by atoms with Crippen LogP contribution >= 0.6 is 0 Å². The molecule has 2 aromatic rings.